The van der Waals surface area contributed by atoms with Crippen LogP contribution in [0.3, 0.4) is 0 Å². The summed E-state index contributed by atoms with van der Waals surface area (Å²) in [6, 6.07) is 11.8. The number of halogens is 1. The molecule has 0 spiro atoms. The number of fused-ring (bicyclic) bond motifs is 1. The number of rotatable bonds is 7. The molecule has 5 rings (SSSR count). The van der Waals surface area contributed by atoms with Gasteiger partial charge in [-0.2, -0.15) is 15.5 Å². The van der Waals surface area contributed by atoms with Crippen LogP contribution in [0.4, 0.5) is 0 Å². The maximum absolute atomic E-state index is 9.68. The van der Waals surface area contributed by atoms with Crippen LogP contribution in [-0.2, 0) is 7.05 Å². The molecule has 9 heteroatoms. The highest BCUT2D eigenvalue weighted by molar-refractivity contribution is 6.30. The van der Waals surface area contributed by atoms with Crippen molar-refractivity contribution in [2.75, 3.05) is 13.1 Å². The maximum Gasteiger partial charge on any atom is 0.127 e. The average Bonchev–Trinajstić information content (AvgIpc) is 3.56. The number of aromatic nitrogens is 4. The number of aliphatic imine (C=N–C) groups is 1. The van der Waals surface area contributed by atoms with Crippen LogP contribution in [0.1, 0.15) is 30.9 Å². The first-order valence-corrected chi connectivity index (χ1v) is 12.8. The summed E-state index contributed by atoms with van der Waals surface area (Å²) in [4.78, 5) is 6.53. The summed E-state index contributed by atoms with van der Waals surface area (Å²) in [5.74, 6) is 1.64. The van der Waals surface area contributed by atoms with Gasteiger partial charge in [0.05, 0.1) is 23.5 Å². The van der Waals surface area contributed by atoms with E-state index < -0.39 is 0 Å². The van der Waals surface area contributed by atoms with Gasteiger partial charge in [-0.1, -0.05) is 17.7 Å². The second kappa shape index (κ2) is 11.0. The predicted molar refractivity (Wildman–Crippen MR) is 150 cm³/mol. The molecule has 4 heterocycles. The van der Waals surface area contributed by atoms with Gasteiger partial charge in [-0.3, -0.25) is 4.68 Å². The molecule has 192 valence electrons. The summed E-state index contributed by atoms with van der Waals surface area (Å²) < 4.78 is 9.65. The van der Waals surface area contributed by atoms with E-state index in [1.54, 1.807) is 15.4 Å². The highest BCUT2D eigenvalue weighted by Gasteiger charge is 2.22. The van der Waals surface area contributed by atoms with Crippen LogP contribution in [0.15, 0.2) is 78.1 Å². The van der Waals surface area contributed by atoms with E-state index in [0.29, 0.717) is 10.6 Å². The molecule has 1 aliphatic heterocycles. The van der Waals surface area contributed by atoms with E-state index in [2.05, 4.69) is 38.9 Å². The molecule has 0 N–H and O–H groups in total. The number of piperidine rings is 1. The third kappa shape index (κ3) is 5.34. The maximum atomic E-state index is 9.68. The molecule has 1 aliphatic rings. The Kier molecular flexibility index (Phi) is 7.29. The number of aryl methyl sites for hydroxylation is 1. The number of pyridine rings is 1. The second-order valence-electron chi connectivity index (χ2n) is 9.30. The van der Waals surface area contributed by atoms with E-state index in [9.17, 15) is 5.26 Å². The van der Waals surface area contributed by atoms with Gasteiger partial charge in [0.1, 0.15) is 23.7 Å². The van der Waals surface area contributed by atoms with Crippen LogP contribution >= 0.6 is 11.6 Å². The van der Waals surface area contributed by atoms with Crippen molar-refractivity contribution in [2.45, 2.75) is 25.9 Å². The summed E-state index contributed by atoms with van der Waals surface area (Å²) in [7, 11) is 1.89. The lowest BCUT2D eigenvalue weighted by molar-refractivity contribution is 0.117. The third-order valence-corrected chi connectivity index (χ3v) is 6.97. The van der Waals surface area contributed by atoms with Gasteiger partial charge in [0.2, 0.25) is 0 Å². The molecule has 0 unspecified atom stereocenters. The van der Waals surface area contributed by atoms with Gasteiger partial charge in [-0.05, 0) is 55.6 Å². The standard InChI is InChI=1S/C29H28ClN7O/c1-20(27-14-21(23-17-33-35(3)18-23)19-37-29(27)22(15-31)16-34-37)4-9-28(32-2)36-12-10-26(11-13-36)38-25-7-5-24(30)6-8-25/h4-9,14,16-19,26H,2,10-13H2,1,3H3/b20-4+,28-9+. The summed E-state index contributed by atoms with van der Waals surface area (Å²) in [5, 5.41) is 19.1. The van der Waals surface area contributed by atoms with Gasteiger partial charge in [0, 0.05) is 67.1 Å². The number of allylic oxidation sites excluding steroid dienone is 3. The van der Waals surface area contributed by atoms with Gasteiger partial charge in [-0.25, -0.2) is 9.51 Å². The number of hydrogen-bond donors (Lipinski definition) is 0. The van der Waals surface area contributed by atoms with Gasteiger partial charge < -0.3 is 9.64 Å². The van der Waals surface area contributed by atoms with Crippen LogP contribution in [0.2, 0.25) is 5.02 Å². The van der Waals surface area contributed by atoms with Crippen LogP contribution in [-0.4, -0.2) is 50.2 Å². The molecule has 8 nitrogen and oxygen atoms in total. The lowest BCUT2D eigenvalue weighted by Crippen LogP contribution is -2.37. The zero-order chi connectivity index (χ0) is 26.6. The summed E-state index contributed by atoms with van der Waals surface area (Å²) in [5.41, 5.74) is 5.16. The number of ether oxygens (including phenoxy) is 1. The highest BCUT2D eigenvalue weighted by atomic mass is 35.5. The lowest BCUT2D eigenvalue weighted by Gasteiger charge is -2.33. The fourth-order valence-electron chi connectivity index (χ4n) is 4.69. The molecule has 3 aromatic heterocycles. The fraction of sp³-hybridized carbons (Fsp3) is 0.241. The van der Waals surface area contributed by atoms with E-state index in [1.165, 1.54) is 0 Å². The molecular formula is C29H28ClN7O. The topological polar surface area (TPSA) is 83.7 Å². The normalized spacial score (nSPS) is 15.1. The Morgan fingerprint density at radius 1 is 1.13 bits per heavy atom. The first-order chi connectivity index (χ1) is 18.4. The van der Waals surface area contributed by atoms with Crippen molar-refractivity contribution in [3.8, 4) is 22.9 Å². The Balaban J connectivity index is 1.37. The molecule has 1 fully saturated rings. The minimum absolute atomic E-state index is 0.144. The van der Waals surface area contributed by atoms with Gasteiger partial charge in [-0.15, -0.1) is 0 Å². The molecule has 0 saturated carbocycles. The fourth-order valence-corrected chi connectivity index (χ4v) is 4.81. The van der Waals surface area contributed by atoms with Crippen molar-refractivity contribution < 1.29 is 4.74 Å². The van der Waals surface area contributed by atoms with E-state index in [1.807, 2.05) is 69.0 Å². The summed E-state index contributed by atoms with van der Waals surface area (Å²) in [6.45, 7) is 7.47. The van der Waals surface area contributed by atoms with Crippen LogP contribution in [0.25, 0.3) is 22.2 Å². The first-order valence-electron chi connectivity index (χ1n) is 12.4. The molecule has 1 aromatic carbocycles. The van der Waals surface area contributed by atoms with Crippen LogP contribution in [0, 0.1) is 11.3 Å². The Hall–Kier alpha value is -4.35. The second-order valence-corrected chi connectivity index (χ2v) is 9.74. The van der Waals surface area contributed by atoms with Crippen molar-refractivity contribution in [3.05, 3.63) is 89.2 Å². The molecule has 0 radical (unpaired) electrons. The third-order valence-electron chi connectivity index (χ3n) is 6.72. The first kappa shape index (κ1) is 25.3. The van der Waals surface area contributed by atoms with Gasteiger partial charge in [0.15, 0.2) is 0 Å². The smallest absolute Gasteiger partial charge is 0.127 e. The van der Waals surface area contributed by atoms with E-state index in [-0.39, 0.29) is 6.10 Å². The number of nitrogens with zero attached hydrogens (tertiary/aromatic N) is 7. The quantitative estimate of drug-likeness (QED) is 0.226. The molecular weight excluding hydrogens is 498 g/mol. The molecule has 0 bridgehead atoms. The Labute approximate surface area is 226 Å². The average molecular weight is 526 g/mol. The molecule has 0 amide bonds. The molecule has 38 heavy (non-hydrogen) atoms. The Morgan fingerprint density at radius 3 is 2.55 bits per heavy atom. The van der Waals surface area contributed by atoms with Crippen molar-refractivity contribution in [1.29, 1.82) is 5.26 Å². The van der Waals surface area contributed by atoms with Crippen molar-refractivity contribution >= 4 is 29.4 Å². The monoisotopic (exact) mass is 525 g/mol. The molecule has 0 aliphatic carbocycles. The van der Waals surface area contributed by atoms with Crippen LogP contribution in [0.5, 0.6) is 5.75 Å². The van der Waals surface area contributed by atoms with E-state index in [0.717, 1.165) is 65.3 Å². The largest absolute Gasteiger partial charge is 0.490 e. The predicted octanol–water partition coefficient (Wildman–Crippen LogP) is 5.75. The minimum Gasteiger partial charge on any atom is -0.490 e. The number of hydrogen-bond acceptors (Lipinski definition) is 6. The number of benzene rings is 1. The molecule has 4 aromatic rings. The van der Waals surface area contributed by atoms with E-state index >= 15 is 0 Å². The van der Waals surface area contributed by atoms with Gasteiger partial charge >= 0.3 is 0 Å². The summed E-state index contributed by atoms with van der Waals surface area (Å²) in [6.07, 6.45) is 13.2. The zero-order valence-corrected chi connectivity index (χ0v) is 22.1. The highest BCUT2D eigenvalue weighted by Crippen LogP contribution is 2.30. The SMILES string of the molecule is C=N/C(=C\C=C(/C)c1cc(-c2cnn(C)c2)cn2ncc(C#N)c12)N1CCC(Oc2ccc(Cl)cc2)CC1. The van der Waals surface area contributed by atoms with E-state index in [4.69, 9.17) is 16.3 Å². The Morgan fingerprint density at radius 2 is 1.89 bits per heavy atom. The van der Waals surface area contributed by atoms with Gasteiger partial charge in [0.25, 0.3) is 0 Å². The van der Waals surface area contributed by atoms with Crippen molar-refractivity contribution in [3.63, 3.8) is 0 Å². The zero-order valence-electron chi connectivity index (χ0n) is 21.4. The minimum atomic E-state index is 0.144. The number of nitriles is 1. The summed E-state index contributed by atoms with van der Waals surface area (Å²) >= 11 is 5.98. The van der Waals surface area contributed by atoms with Crippen molar-refractivity contribution in [2.24, 2.45) is 12.0 Å². The molecule has 1 saturated heterocycles. The van der Waals surface area contributed by atoms with Crippen LogP contribution < -0.4 is 4.74 Å². The Bertz CT molecular complexity index is 1560. The molecule has 0 atom stereocenters. The van der Waals surface area contributed by atoms with Crippen molar-refractivity contribution in [1.82, 2.24) is 24.3 Å². The number of likely N-dealkylation sites (tertiary alicyclic amines) is 1. The lowest BCUT2D eigenvalue weighted by atomic mass is 10.0.